The van der Waals surface area contributed by atoms with Crippen LogP contribution in [0.2, 0.25) is 0 Å². The summed E-state index contributed by atoms with van der Waals surface area (Å²) >= 11 is 0. The van der Waals surface area contributed by atoms with Crippen molar-refractivity contribution in [2.24, 2.45) is 0 Å². The second-order valence-corrected chi connectivity index (χ2v) is 23.5. The lowest BCUT2D eigenvalue weighted by Crippen LogP contribution is -2.45. The Balaban J connectivity index is 3.39. The summed E-state index contributed by atoms with van der Waals surface area (Å²) in [7, 11) is 0. The Bertz CT molecular complexity index is 1110. The highest BCUT2D eigenvalue weighted by Crippen LogP contribution is 2.19. The van der Waals surface area contributed by atoms with Gasteiger partial charge in [0.15, 0.2) is 0 Å². The molecule has 0 heterocycles. The molecular formula is C68H133NO5. The Labute approximate surface area is 463 Å². The SMILES string of the molecule is CCCCCCCCCCCCCCCCCCCCC(O)C(CO)NC(=O)CCCCCCCCC/C=C\CCCCCCCCCCCCCCOC(=O)CCCCCCCCCCCCCCCCCC. The summed E-state index contributed by atoms with van der Waals surface area (Å²) in [6.07, 6.45) is 78.1. The number of hydrogen-bond acceptors (Lipinski definition) is 5. The first-order chi connectivity index (χ1) is 36.5. The minimum absolute atomic E-state index is 0.0160. The third-order valence-corrected chi connectivity index (χ3v) is 16.1. The van der Waals surface area contributed by atoms with Crippen LogP contribution in [0.5, 0.6) is 0 Å². The monoisotopic (exact) mass is 1040 g/mol. The second kappa shape index (κ2) is 64.1. The van der Waals surface area contributed by atoms with E-state index in [1.807, 2.05) is 0 Å². The predicted molar refractivity (Wildman–Crippen MR) is 324 cm³/mol. The number of aliphatic hydroxyl groups is 2. The molecule has 2 unspecified atom stereocenters. The Morgan fingerprint density at radius 2 is 0.635 bits per heavy atom. The first kappa shape index (κ1) is 72.6. The summed E-state index contributed by atoms with van der Waals surface area (Å²) in [5, 5.41) is 23.4. The van der Waals surface area contributed by atoms with Crippen LogP contribution in [-0.2, 0) is 14.3 Å². The summed E-state index contributed by atoms with van der Waals surface area (Å²) in [4.78, 5) is 24.6. The molecule has 0 aliphatic rings. The molecule has 0 fully saturated rings. The molecular weight excluding hydrogens is 911 g/mol. The number of hydrogen-bond donors (Lipinski definition) is 3. The van der Waals surface area contributed by atoms with Crippen molar-refractivity contribution in [3.05, 3.63) is 12.2 Å². The summed E-state index contributed by atoms with van der Waals surface area (Å²) in [5.74, 6) is -0.0214. The minimum atomic E-state index is -0.668. The zero-order valence-electron chi connectivity index (χ0n) is 50.4. The number of esters is 1. The van der Waals surface area contributed by atoms with Crippen LogP contribution in [-0.4, -0.2) is 47.4 Å². The molecule has 0 aromatic carbocycles. The predicted octanol–water partition coefficient (Wildman–Crippen LogP) is 21.6. The smallest absolute Gasteiger partial charge is 0.305 e. The number of allylic oxidation sites excluding steroid dienone is 2. The molecule has 6 nitrogen and oxygen atoms in total. The normalized spacial score (nSPS) is 12.5. The highest BCUT2D eigenvalue weighted by atomic mass is 16.5. The van der Waals surface area contributed by atoms with Crippen molar-refractivity contribution in [3.63, 3.8) is 0 Å². The lowest BCUT2D eigenvalue weighted by atomic mass is 10.0. The molecule has 3 N–H and O–H groups in total. The third-order valence-electron chi connectivity index (χ3n) is 16.1. The maximum atomic E-state index is 12.5. The van der Waals surface area contributed by atoms with Gasteiger partial charge in [0.05, 0.1) is 25.4 Å². The Kier molecular flexibility index (Phi) is 62.9. The number of carbonyl (C=O) groups is 2. The van der Waals surface area contributed by atoms with E-state index >= 15 is 0 Å². The van der Waals surface area contributed by atoms with E-state index in [1.54, 1.807) is 0 Å². The van der Waals surface area contributed by atoms with E-state index < -0.39 is 12.1 Å². The highest BCUT2D eigenvalue weighted by Gasteiger charge is 2.20. The van der Waals surface area contributed by atoms with Crippen LogP contribution in [0.3, 0.4) is 0 Å². The first-order valence-electron chi connectivity index (χ1n) is 33.9. The van der Waals surface area contributed by atoms with Crippen molar-refractivity contribution in [1.29, 1.82) is 0 Å². The maximum Gasteiger partial charge on any atom is 0.305 e. The average Bonchev–Trinajstić information content (AvgIpc) is 3.40. The number of carbonyl (C=O) groups excluding carboxylic acids is 2. The van der Waals surface area contributed by atoms with Gasteiger partial charge in [-0.1, -0.05) is 334 Å². The lowest BCUT2D eigenvalue weighted by Gasteiger charge is -2.22. The topological polar surface area (TPSA) is 95.9 Å². The van der Waals surface area contributed by atoms with Crippen LogP contribution < -0.4 is 5.32 Å². The summed E-state index contributed by atoms with van der Waals surface area (Å²) < 4.78 is 5.50. The van der Waals surface area contributed by atoms with Gasteiger partial charge in [0, 0.05) is 12.8 Å². The number of aliphatic hydroxyl groups excluding tert-OH is 2. The molecule has 0 rings (SSSR count). The third kappa shape index (κ3) is 59.8. The Hall–Kier alpha value is -1.40. The van der Waals surface area contributed by atoms with E-state index in [0.717, 1.165) is 38.5 Å². The largest absolute Gasteiger partial charge is 0.466 e. The molecule has 0 aliphatic carbocycles. The molecule has 440 valence electrons. The quantitative estimate of drug-likeness (QED) is 0.0320. The van der Waals surface area contributed by atoms with Gasteiger partial charge in [0.1, 0.15) is 0 Å². The minimum Gasteiger partial charge on any atom is -0.466 e. The number of rotatable bonds is 64. The van der Waals surface area contributed by atoms with Crippen molar-refractivity contribution in [2.45, 2.75) is 398 Å². The van der Waals surface area contributed by atoms with E-state index in [-0.39, 0.29) is 18.5 Å². The molecule has 6 heteroatoms. The molecule has 0 spiro atoms. The van der Waals surface area contributed by atoms with Crippen LogP contribution in [0.15, 0.2) is 12.2 Å². The number of nitrogens with one attached hydrogen (secondary N) is 1. The zero-order chi connectivity index (χ0) is 53.6. The standard InChI is InChI=1S/C68H133NO5/c1-3-5-7-9-11-13-15-17-19-21-29-32-36-40-44-48-52-56-60-66(71)65(64-70)69-67(72)61-57-53-49-45-41-37-33-30-27-25-23-22-24-26-28-31-35-39-43-47-51-55-59-63-74-68(73)62-58-54-50-46-42-38-34-20-18-16-14-12-10-8-6-4-2/h25,27,65-66,70-71H,3-24,26,28-64H2,1-2H3,(H,69,72)/b27-25-. The molecule has 0 saturated carbocycles. The van der Waals surface area contributed by atoms with E-state index in [4.69, 9.17) is 4.74 Å². The van der Waals surface area contributed by atoms with Gasteiger partial charge in [-0.2, -0.15) is 0 Å². The zero-order valence-corrected chi connectivity index (χ0v) is 50.4. The van der Waals surface area contributed by atoms with E-state index in [2.05, 4.69) is 31.3 Å². The molecule has 0 saturated heterocycles. The van der Waals surface area contributed by atoms with Gasteiger partial charge >= 0.3 is 5.97 Å². The molecule has 0 aliphatic heterocycles. The van der Waals surface area contributed by atoms with Crippen molar-refractivity contribution < 1.29 is 24.5 Å². The molecule has 2 atom stereocenters. The maximum absolute atomic E-state index is 12.5. The van der Waals surface area contributed by atoms with Crippen molar-refractivity contribution in [2.75, 3.05) is 13.2 Å². The molecule has 0 bridgehead atoms. The van der Waals surface area contributed by atoms with E-state index in [0.29, 0.717) is 25.9 Å². The van der Waals surface area contributed by atoms with Crippen molar-refractivity contribution >= 4 is 11.9 Å². The van der Waals surface area contributed by atoms with E-state index in [1.165, 1.54) is 315 Å². The van der Waals surface area contributed by atoms with Gasteiger partial charge in [-0.25, -0.2) is 0 Å². The van der Waals surface area contributed by atoms with Gasteiger partial charge < -0.3 is 20.3 Å². The fourth-order valence-electron chi connectivity index (χ4n) is 10.9. The van der Waals surface area contributed by atoms with Gasteiger partial charge in [0.2, 0.25) is 5.91 Å². The number of ether oxygens (including phenoxy) is 1. The van der Waals surface area contributed by atoms with Crippen LogP contribution in [0.1, 0.15) is 386 Å². The first-order valence-corrected chi connectivity index (χ1v) is 33.9. The molecule has 0 radical (unpaired) electrons. The van der Waals surface area contributed by atoms with Gasteiger partial charge in [0.25, 0.3) is 0 Å². The van der Waals surface area contributed by atoms with Crippen LogP contribution >= 0.6 is 0 Å². The molecule has 0 aromatic rings. The molecule has 74 heavy (non-hydrogen) atoms. The fourth-order valence-corrected chi connectivity index (χ4v) is 10.9. The van der Waals surface area contributed by atoms with Crippen LogP contribution in [0.4, 0.5) is 0 Å². The Morgan fingerprint density at radius 3 is 0.959 bits per heavy atom. The number of unbranched alkanes of at least 4 members (excludes halogenated alkanes) is 51. The van der Waals surface area contributed by atoms with Crippen molar-refractivity contribution in [1.82, 2.24) is 5.32 Å². The van der Waals surface area contributed by atoms with Gasteiger partial charge in [-0.05, 0) is 51.4 Å². The number of amides is 1. The lowest BCUT2D eigenvalue weighted by molar-refractivity contribution is -0.143. The second-order valence-electron chi connectivity index (χ2n) is 23.5. The molecule has 0 aromatic heterocycles. The van der Waals surface area contributed by atoms with Crippen LogP contribution in [0, 0.1) is 0 Å². The fraction of sp³-hybridized carbons (Fsp3) is 0.941. The van der Waals surface area contributed by atoms with E-state index in [9.17, 15) is 19.8 Å². The summed E-state index contributed by atoms with van der Waals surface area (Å²) in [6, 6.07) is -0.546. The summed E-state index contributed by atoms with van der Waals surface area (Å²) in [5.41, 5.74) is 0. The van der Waals surface area contributed by atoms with Gasteiger partial charge in [-0.3, -0.25) is 9.59 Å². The summed E-state index contributed by atoms with van der Waals surface area (Å²) in [6.45, 7) is 4.99. The molecule has 1 amide bonds. The van der Waals surface area contributed by atoms with Crippen molar-refractivity contribution in [3.8, 4) is 0 Å². The van der Waals surface area contributed by atoms with Crippen LogP contribution in [0.25, 0.3) is 0 Å². The average molecular weight is 1040 g/mol. The van der Waals surface area contributed by atoms with Gasteiger partial charge in [-0.15, -0.1) is 0 Å². The Morgan fingerprint density at radius 1 is 0.365 bits per heavy atom. The highest BCUT2D eigenvalue weighted by molar-refractivity contribution is 5.76.